The second-order valence-corrected chi connectivity index (χ2v) is 16.7. The van der Waals surface area contributed by atoms with E-state index in [2.05, 4.69) is 43.2 Å². The average Bonchev–Trinajstić information content (AvgIpc) is 3.31. The van der Waals surface area contributed by atoms with Crippen LogP contribution in [0.25, 0.3) is 23.1 Å². The van der Waals surface area contributed by atoms with Crippen LogP contribution in [0.2, 0.25) is 25.7 Å². The summed E-state index contributed by atoms with van der Waals surface area (Å²) in [5, 5.41) is 9.22. The van der Waals surface area contributed by atoms with E-state index in [1.165, 1.54) is 0 Å². The zero-order chi connectivity index (χ0) is 28.0. The first kappa shape index (κ1) is 27.3. The molecule has 5 nitrogen and oxygen atoms in total. The summed E-state index contributed by atoms with van der Waals surface area (Å²) in [7, 11) is -1.20. The van der Waals surface area contributed by atoms with Gasteiger partial charge >= 0.3 is 0 Å². The fourth-order valence-electron chi connectivity index (χ4n) is 4.42. The molecule has 0 atom stereocenters. The lowest BCUT2D eigenvalue weighted by atomic mass is 10.0. The van der Waals surface area contributed by atoms with Crippen LogP contribution in [-0.2, 0) is 11.5 Å². The Morgan fingerprint density at radius 3 is 2.27 bits per heavy atom. The minimum Gasteiger partial charge on any atom is -0.360 e. The van der Waals surface area contributed by atoms with Crippen molar-refractivity contribution in [2.45, 2.75) is 32.4 Å². The third kappa shape index (κ3) is 7.03. The van der Waals surface area contributed by atoms with Crippen LogP contribution in [0.15, 0.2) is 103 Å². The first-order valence-corrected chi connectivity index (χ1v) is 17.3. The molecule has 6 heteroatoms. The number of aromatic nitrogens is 2. The van der Waals surface area contributed by atoms with Crippen LogP contribution in [0, 0.1) is 0 Å². The molecule has 0 saturated carbocycles. The van der Waals surface area contributed by atoms with Gasteiger partial charge in [-0.05, 0) is 54.1 Å². The molecule has 5 aromatic rings. The molecule has 0 aliphatic heterocycles. The average molecular weight is 546 g/mol. The van der Waals surface area contributed by atoms with Gasteiger partial charge in [0.25, 0.3) is 0 Å². The molecule has 202 valence electrons. The van der Waals surface area contributed by atoms with E-state index in [0.29, 0.717) is 24.5 Å². The lowest BCUT2D eigenvalue weighted by molar-refractivity contribution is 0.0816. The van der Waals surface area contributed by atoms with Gasteiger partial charge in [0.1, 0.15) is 6.73 Å². The highest BCUT2D eigenvalue weighted by atomic mass is 28.3. The Balaban J connectivity index is 1.43. The Morgan fingerprint density at radius 2 is 1.52 bits per heavy atom. The fourth-order valence-corrected chi connectivity index (χ4v) is 5.18. The second kappa shape index (κ2) is 12.3. The summed E-state index contributed by atoms with van der Waals surface area (Å²) in [6.07, 6.45) is 4.08. The number of nitrogens with zero attached hydrogens (tertiary/aromatic N) is 2. The minimum atomic E-state index is -1.20. The zero-order valence-electron chi connectivity index (χ0n) is 23.3. The minimum absolute atomic E-state index is 0.0348. The summed E-state index contributed by atoms with van der Waals surface area (Å²) < 4.78 is 7.92. The Morgan fingerprint density at radius 1 is 0.825 bits per heavy atom. The molecule has 0 aliphatic rings. The van der Waals surface area contributed by atoms with Gasteiger partial charge in [-0.15, -0.1) is 0 Å². The van der Waals surface area contributed by atoms with Gasteiger partial charge in [0.2, 0.25) is 0 Å². The predicted octanol–water partition coefficient (Wildman–Crippen LogP) is 8.49. The van der Waals surface area contributed by atoms with E-state index in [-0.39, 0.29) is 5.78 Å². The Hall–Kier alpha value is -4.26. The molecule has 4 aromatic carbocycles. The number of benzene rings is 4. The Labute approximate surface area is 237 Å². The Kier molecular flexibility index (Phi) is 8.39. The number of ketones is 1. The fraction of sp³-hybridized carbons (Fsp3) is 0.176. The summed E-state index contributed by atoms with van der Waals surface area (Å²) in [5.74, 6) is -0.0348. The van der Waals surface area contributed by atoms with Crippen LogP contribution in [0.3, 0.4) is 0 Å². The third-order valence-corrected chi connectivity index (χ3v) is 8.38. The van der Waals surface area contributed by atoms with Crippen molar-refractivity contribution >= 4 is 48.3 Å². The number of hydrogen-bond acceptors (Lipinski definition) is 4. The van der Waals surface area contributed by atoms with Gasteiger partial charge < -0.3 is 10.1 Å². The summed E-state index contributed by atoms with van der Waals surface area (Å²) in [6, 6.07) is 34.6. The van der Waals surface area contributed by atoms with Crippen molar-refractivity contribution in [1.82, 2.24) is 9.78 Å². The quantitative estimate of drug-likeness (QED) is 0.103. The molecule has 0 radical (unpaired) electrons. The van der Waals surface area contributed by atoms with Gasteiger partial charge in [-0.3, -0.25) is 4.79 Å². The standard InChI is InChI=1S/C34H35N3O2Si/c1-40(2,3)22-21-39-25-37-33-24-28(18-19-31(33)32(36-37)20-17-26-11-6-4-7-12-26)34(38)27-13-10-16-30(23-27)35-29-14-8-5-9-15-29/h4-20,23-24,35H,21-22,25H2,1-3H3. The number of carbonyl (C=O) groups excluding carboxylic acids is 1. The molecule has 0 unspecified atom stereocenters. The van der Waals surface area contributed by atoms with Gasteiger partial charge in [-0.25, -0.2) is 4.68 Å². The number of anilines is 2. The van der Waals surface area contributed by atoms with Gasteiger partial charge in [0.05, 0.1) is 11.2 Å². The molecule has 1 aromatic heterocycles. The summed E-state index contributed by atoms with van der Waals surface area (Å²) in [5.41, 5.74) is 5.92. The highest BCUT2D eigenvalue weighted by Gasteiger charge is 2.16. The molecule has 1 N–H and O–H groups in total. The second-order valence-electron chi connectivity index (χ2n) is 11.1. The number of carbonyl (C=O) groups is 1. The number of fused-ring (bicyclic) bond motifs is 1. The highest BCUT2D eigenvalue weighted by Crippen LogP contribution is 2.25. The lowest BCUT2D eigenvalue weighted by Crippen LogP contribution is -2.22. The van der Waals surface area contributed by atoms with Crippen LogP contribution in [0.1, 0.15) is 27.2 Å². The van der Waals surface area contributed by atoms with E-state index >= 15 is 0 Å². The van der Waals surface area contributed by atoms with Gasteiger partial charge in [-0.2, -0.15) is 5.10 Å². The van der Waals surface area contributed by atoms with Gasteiger partial charge in [0.15, 0.2) is 5.78 Å². The smallest absolute Gasteiger partial charge is 0.193 e. The van der Waals surface area contributed by atoms with Crippen molar-refractivity contribution in [2.75, 3.05) is 11.9 Å². The number of para-hydroxylation sites is 1. The molecule has 40 heavy (non-hydrogen) atoms. The SMILES string of the molecule is C[Si](C)(C)CCOCn1nc(C=Cc2ccccc2)c2ccc(C(=O)c3cccc(Nc4ccccc4)c3)cc21. The van der Waals surface area contributed by atoms with Crippen molar-refractivity contribution in [3.05, 3.63) is 126 Å². The summed E-state index contributed by atoms with van der Waals surface area (Å²) in [4.78, 5) is 13.6. The molecule has 0 aliphatic carbocycles. The van der Waals surface area contributed by atoms with E-state index < -0.39 is 8.07 Å². The van der Waals surface area contributed by atoms with Crippen molar-refractivity contribution in [3.8, 4) is 0 Å². The topological polar surface area (TPSA) is 56.2 Å². The normalized spacial score (nSPS) is 11.8. The largest absolute Gasteiger partial charge is 0.360 e. The molecule has 0 spiro atoms. The van der Waals surface area contributed by atoms with E-state index in [1.54, 1.807) is 0 Å². The monoisotopic (exact) mass is 545 g/mol. The number of rotatable bonds is 11. The molecular formula is C34H35N3O2Si. The van der Waals surface area contributed by atoms with Gasteiger partial charge in [-0.1, -0.05) is 92.4 Å². The third-order valence-electron chi connectivity index (χ3n) is 6.67. The molecule has 1 heterocycles. The zero-order valence-corrected chi connectivity index (χ0v) is 24.3. The van der Waals surface area contributed by atoms with Crippen molar-refractivity contribution in [1.29, 1.82) is 0 Å². The Bertz CT molecular complexity index is 1620. The van der Waals surface area contributed by atoms with Crippen LogP contribution >= 0.6 is 0 Å². The number of hydrogen-bond donors (Lipinski definition) is 1. The molecule has 5 rings (SSSR count). The number of ether oxygens (including phenoxy) is 1. The van der Waals surface area contributed by atoms with Crippen molar-refractivity contribution in [3.63, 3.8) is 0 Å². The van der Waals surface area contributed by atoms with Crippen LogP contribution < -0.4 is 5.32 Å². The van der Waals surface area contributed by atoms with Crippen molar-refractivity contribution in [2.24, 2.45) is 0 Å². The molecule has 0 fully saturated rings. The van der Waals surface area contributed by atoms with Crippen LogP contribution in [0.4, 0.5) is 11.4 Å². The van der Waals surface area contributed by atoms with Crippen LogP contribution in [-0.4, -0.2) is 30.2 Å². The molecular weight excluding hydrogens is 510 g/mol. The first-order valence-electron chi connectivity index (χ1n) is 13.6. The first-order chi connectivity index (χ1) is 19.4. The highest BCUT2D eigenvalue weighted by molar-refractivity contribution is 6.76. The van der Waals surface area contributed by atoms with E-state index in [4.69, 9.17) is 9.84 Å². The van der Waals surface area contributed by atoms with Crippen LogP contribution in [0.5, 0.6) is 0 Å². The maximum absolute atomic E-state index is 13.6. The number of nitrogens with one attached hydrogen (secondary N) is 1. The van der Waals surface area contributed by atoms with E-state index in [1.807, 2.05) is 102 Å². The maximum atomic E-state index is 13.6. The predicted molar refractivity (Wildman–Crippen MR) is 169 cm³/mol. The summed E-state index contributed by atoms with van der Waals surface area (Å²) >= 11 is 0. The summed E-state index contributed by atoms with van der Waals surface area (Å²) in [6.45, 7) is 8.07. The van der Waals surface area contributed by atoms with Crippen molar-refractivity contribution < 1.29 is 9.53 Å². The molecule has 0 bridgehead atoms. The molecule has 0 amide bonds. The van der Waals surface area contributed by atoms with Gasteiger partial charge in [0, 0.05) is 42.6 Å². The maximum Gasteiger partial charge on any atom is 0.193 e. The van der Waals surface area contributed by atoms with E-state index in [9.17, 15) is 4.79 Å². The lowest BCUT2D eigenvalue weighted by Gasteiger charge is -2.15. The van der Waals surface area contributed by atoms with E-state index in [0.717, 1.165) is 39.6 Å². The molecule has 0 saturated heterocycles.